The predicted octanol–water partition coefficient (Wildman–Crippen LogP) is 5.59. The summed E-state index contributed by atoms with van der Waals surface area (Å²) in [6.45, 7) is -0.207. The van der Waals surface area contributed by atoms with Crippen LogP contribution in [0.3, 0.4) is 0 Å². The molecule has 1 aliphatic heterocycles. The summed E-state index contributed by atoms with van der Waals surface area (Å²) in [5, 5.41) is 22.3. The van der Waals surface area contributed by atoms with E-state index in [4.69, 9.17) is 0 Å². The molecule has 1 aliphatic rings. The molecule has 0 spiro atoms. The number of rotatable bonds is 8. The molecule has 12 nitrogen and oxygen atoms in total. The van der Waals surface area contributed by atoms with Crippen LogP contribution in [0.2, 0.25) is 0 Å². The van der Waals surface area contributed by atoms with Crippen molar-refractivity contribution in [3.63, 3.8) is 0 Å². The molecule has 14 heteroatoms. The van der Waals surface area contributed by atoms with Crippen LogP contribution in [0.4, 0.5) is 11.4 Å². The molecule has 4 aromatic rings. The Bertz CT molecular complexity index is 1740. The fourth-order valence-corrected chi connectivity index (χ4v) is 9.58. The van der Waals surface area contributed by atoms with Crippen molar-refractivity contribution in [2.75, 3.05) is 0 Å². The highest BCUT2D eigenvalue weighted by molar-refractivity contribution is 7.94. The quantitative estimate of drug-likeness (QED) is 0.155. The molecular weight excluding hydrogens is 571 g/mol. The number of nitro groups is 2. The first-order chi connectivity index (χ1) is 19.5. The van der Waals surface area contributed by atoms with E-state index in [0.717, 1.165) is 24.3 Å². The molecule has 0 bridgehead atoms. The van der Waals surface area contributed by atoms with Gasteiger partial charge in [-0.3, -0.25) is 24.8 Å². The Hall–Kier alpha value is -4.26. The molecular formula is C27H23N4O8PS. The van der Waals surface area contributed by atoms with Gasteiger partial charge < -0.3 is 4.89 Å². The molecule has 0 saturated carbocycles. The van der Waals surface area contributed by atoms with Gasteiger partial charge in [-0.2, -0.15) is 0 Å². The Labute approximate surface area is 235 Å². The highest BCUT2D eigenvalue weighted by Gasteiger charge is 2.60. The molecule has 3 atom stereocenters. The number of nitro benzene ring substituents is 2. The van der Waals surface area contributed by atoms with Gasteiger partial charge in [-0.15, -0.1) is 0 Å². The molecule has 3 unspecified atom stereocenters. The van der Waals surface area contributed by atoms with E-state index < -0.39 is 39.6 Å². The molecule has 5 rings (SSSR count). The van der Waals surface area contributed by atoms with Crippen molar-refractivity contribution in [3.05, 3.63) is 146 Å². The number of non-ortho nitro benzene ring substituents is 2. The lowest BCUT2D eigenvalue weighted by Crippen LogP contribution is -2.29. The molecule has 0 aliphatic carbocycles. The molecule has 41 heavy (non-hydrogen) atoms. The van der Waals surface area contributed by atoms with Gasteiger partial charge in [-0.1, -0.05) is 76.9 Å². The van der Waals surface area contributed by atoms with Gasteiger partial charge in [0.1, 0.15) is 0 Å². The number of sulfonamides is 1. The summed E-state index contributed by atoms with van der Waals surface area (Å²) >= 11 is 0. The van der Waals surface area contributed by atoms with Crippen molar-refractivity contribution in [1.82, 2.24) is 8.75 Å². The highest BCUT2D eigenvalue weighted by atomic mass is 32.2. The maximum absolute atomic E-state index is 14.4. The van der Waals surface area contributed by atoms with Gasteiger partial charge in [0, 0.05) is 30.8 Å². The molecule has 210 valence electrons. The SMILES string of the molecule is O=[N+]([O-])c1ccc(CN2C(c3ccccc3)C(c3ccccc3)N(S(=O)(=O)c3ccc([N+](=O)[O-])cc3)P2(=O)O)cc1. The Kier molecular flexibility index (Phi) is 7.56. The maximum Gasteiger partial charge on any atom is 0.358 e. The number of hydrogen-bond donors (Lipinski definition) is 1. The first-order valence-electron chi connectivity index (χ1n) is 12.2. The zero-order valence-corrected chi connectivity index (χ0v) is 22.9. The van der Waals surface area contributed by atoms with E-state index in [-0.39, 0.29) is 22.8 Å². The molecule has 4 aromatic carbocycles. The maximum atomic E-state index is 14.4. The van der Waals surface area contributed by atoms with Gasteiger partial charge in [0.15, 0.2) is 0 Å². The molecule has 0 aromatic heterocycles. The van der Waals surface area contributed by atoms with Gasteiger partial charge >= 0.3 is 7.67 Å². The lowest BCUT2D eigenvalue weighted by Gasteiger charge is -2.27. The molecule has 1 saturated heterocycles. The Morgan fingerprint density at radius 3 is 1.61 bits per heavy atom. The average Bonchev–Trinajstić information content (AvgIpc) is 3.21. The van der Waals surface area contributed by atoms with E-state index in [2.05, 4.69) is 0 Å². The second-order valence-corrected chi connectivity index (χ2v) is 13.3. The minimum Gasteiger partial charge on any atom is -0.321 e. The average molecular weight is 595 g/mol. The third kappa shape index (κ3) is 5.29. The van der Waals surface area contributed by atoms with E-state index in [0.29, 0.717) is 20.8 Å². The first-order valence-corrected chi connectivity index (χ1v) is 15.2. The fourth-order valence-electron chi connectivity index (χ4n) is 4.92. The van der Waals surface area contributed by atoms with Crippen LogP contribution < -0.4 is 0 Å². The van der Waals surface area contributed by atoms with E-state index in [1.54, 1.807) is 60.7 Å². The third-order valence-electron chi connectivity index (χ3n) is 6.82. The number of hydrogen-bond acceptors (Lipinski definition) is 7. The minimum atomic E-state index is -4.91. The van der Waals surface area contributed by atoms with Gasteiger partial charge in [0.05, 0.1) is 26.8 Å². The van der Waals surface area contributed by atoms with Crippen molar-refractivity contribution in [2.24, 2.45) is 0 Å². The number of benzene rings is 4. The summed E-state index contributed by atoms with van der Waals surface area (Å²) < 4.78 is 44.5. The normalized spacial score (nSPS) is 21.5. The van der Waals surface area contributed by atoms with Crippen LogP contribution in [-0.2, 0) is 21.1 Å². The van der Waals surface area contributed by atoms with Gasteiger partial charge in [-0.05, 0) is 28.8 Å². The molecule has 1 N–H and O–H groups in total. The first kappa shape index (κ1) is 28.3. The van der Waals surface area contributed by atoms with Crippen LogP contribution >= 0.6 is 7.67 Å². The molecule has 0 amide bonds. The molecule has 1 fully saturated rings. The lowest BCUT2D eigenvalue weighted by molar-refractivity contribution is -0.385. The Morgan fingerprint density at radius 2 is 1.15 bits per heavy atom. The second kappa shape index (κ2) is 11.0. The van der Waals surface area contributed by atoms with E-state index >= 15 is 0 Å². The largest absolute Gasteiger partial charge is 0.358 e. The Balaban J connectivity index is 1.70. The standard InChI is InChI=1S/C27H23N4O8PS/c32-29(33)23-13-11-20(12-14-23)19-28-26(21-7-3-1-4-8-21)27(22-9-5-2-6-10-22)31(40(28,36)37)41(38,39)25-17-15-24(16-18-25)30(34)35/h1-18,26-27H,19H2,(H,36,37). The highest BCUT2D eigenvalue weighted by Crippen LogP contribution is 2.69. The van der Waals surface area contributed by atoms with E-state index in [1.807, 2.05) is 0 Å². The zero-order chi connectivity index (χ0) is 29.4. The summed E-state index contributed by atoms with van der Waals surface area (Å²) in [4.78, 5) is 32.4. The van der Waals surface area contributed by atoms with Crippen molar-refractivity contribution in [1.29, 1.82) is 0 Å². The van der Waals surface area contributed by atoms with Crippen molar-refractivity contribution in [3.8, 4) is 0 Å². The topological polar surface area (TPSA) is 164 Å². The van der Waals surface area contributed by atoms with Gasteiger partial charge in [0.25, 0.3) is 21.4 Å². The van der Waals surface area contributed by atoms with Crippen LogP contribution in [0.1, 0.15) is 28.8 Å². The molecule has 1 heterocycles. The predicted molar refractivity (Wildman–Crippen MR) is 149 cm³/mol. The lowest BCUT2D eigenvalue weighted by atomic mass is 9.94. The van der Waals surface area contributed by atoms with Gasteiger partial charge in [0.2, 0.25) is 0 Å². The minimum absolute atomic E-state index is 0.161. The Morgan fingerprint density at radius 1 is 0.707 bits per heavy atom. The van der Waals surface area contributed by atoms with Crippen LogP contribution in [0.5, 0.6) is 0 Å². The van der Waals surface area contributed by atoms with Crippen molar-refractivity contribution >= 4 is 29.1 Å². The summed E-state index contributed by atoms with van der Waals surface area (Å²) in [6.07, 6.45) is 0. The molecule has 0 radical (unpaired) electrons. The monoisotopic (exact) mass is 594 g/mol. The van der Waals surface area contributed by atoms with Crippen LogP contribution in [0.15, 0.2) is 114 Å². The summed E-state index contributed by atoms with van der Waals surface area (Å²) in [6, 6.07) is 24.5. The van der Waals surface area contributed by atoms with Crippen LogP contribution in [0, 0.1) is 20.2 Å². The van der Waals surface area contributed by atoms with Gasteiger partial charge in [-0.25, -0.2) is 13.1 Å². The van der Waals surface area contributed by atoms with Crippen LogP contribution in [0.25, 0.3) is 0 Å². The second-order valence-electron chi connectivity index (χ2n) is 9.27. The zero-order valence-electron chi connectivity index (χ0n) is 21.2. The van der Waals surface area contributed by atoms with Crippen LogP contribution in [-0.4, -0.2) is 31.9 Å². The van der Waals surface area contributed by atoms with Crippen molar-refractivity contribution < 1.29 is 27.7 Å². The summed E-state index contributed by atoms with van der Waals surface area (Å²) in [5.74, 6) is 0. The smallest absolute Gasteiger partial charge is 0.321 e. The number of nitrogens with zero attached hydrogens (tertiary/aromatic N) is 4. The fraction of sp³-hybridized carbons (Fsp3) is 0.111. The summed E-state index contributed by atoms with van der Waals surface area (Å²) in [7, 11) is -9.61. The van der Waals surface area contributed by atoms with Crippen molar-refractivity contribution in [2.45, 2.75) is 23.5 Å². The summed E-state index contributed by atoms with van der Waals surface area (Å²) in [5.41, 5.74) is 0.976. The van der Waals surface area contributed by atoms with E-state index in [9.17, 15) is 38.1 Å². The van der Waals surface area contributed by atoms with E-state index in [1.165, 1.54) is 28.9 Å². The third-order valence-corrected chi connectivity index (χ3v) is 11.5.